The lowest BCUT2D eigenvalue weighted by atomic mass is 10.3. The Kier molecular flexibility index (Phi) is 20.0. The highest BCUT2D eigenvalue weighted by atomic mass is 79.9. The van der Waals surface area contributed by atoms with Crippen LogP contribution in [0.4, 0.5) is 0 Å². The molecule has 0 aliphatic carbocycles. The molecule has 7 heteroatoms. The molecule has 0 atom stereocenters. The van der Waals surface area contributed by atoms with Gasteiger partial charge in [0, 0.05) is 19.3 Å². The monoisotopic (exact) mass is 564 g/mol. The largest absolute Gasteiger partial charge is 1.00 e. The van der Waals surface area contributed by atoms with Gasteiger partial charge in [-0.25, -0.2) is 0 Å². The van der Waals surface area contributed by atoms with Crippen molar-refractivity contribution < 1.29 is 36.3 Å². The van der Waals surface area contributed by atoms with E-state index in [1.54, 1.807) is 6.07 Å². The summed E-state index contributed by atoms with van der Waals surface area (Å²) in [6.07, 6.45) is 12.3. The molecular weight excluding hydrogens is 515 g/mol. The number of halogens is 1. The average molecular weight is 566 g/mol. The Bertz CT molecular complexity index is 578. The van der Waals surface area contributed by atoms with Crippen LogP contribution < -0.4 is 27.0 Å². The second-order valence-electron chi connectivity index (χ2n) is 8.71. The molecule has 0 aromatic heterocycles. The highest BCUT2D eigenvalue weighted by Gasteiger charge is 2.41. The summed E-state index contributed by atoms with van der Waals surface area (Å²) in [4.78, 5) is 0. The standard InChI is InChI=1S/C26H49O4PSi.BrH/c1-6-11-18-31(19-12-7-2,20-13-8-3)25-22-23(27)15-16-24(25)30-17-14-21-32-26(28-9-4)29-10-5;/h15-16,22,26H,6-14,17-21,32H2,1-5H3;1H. The lowest BCUT2D eigenvalue weighted by Crippen LogP contribution is -3.00. The average Bonchev–Trinajstić information content (AvgIpc) is 2.79. The summed E-state index contributed by atoms with van der Waals surface area (Å²) in [5.41, 5.74) is 0. The van der Waals surface area contributed by atoms with Gasteiger partial charge in [-0.05, 0) is 51.7 Å². The summed E-state index contributed by atoms with van der Waals surface area (Å²) in [5.74, 6) is 1.43. The maximum atomic E-state index is 10.4. The van der Waals surface area contributed by atoms with Gasteiger partial charge < -0.3 is 36.3 Å². The Labute approximate surface area is 217 Å². The molecule has 0 spiro atoms. The Hall–Kier alpha value is -0.133. The van der Waals surface area contributed by atoms with E-state index < -0.39 is 16.8 Å². The van der Waals surface area contributed by atoms with E-state index in [-0.39, 0.29) is 22.9 Å². The third-order valence-electron chi connectivity index (χ3n) is 6.07. The van der Waals surface area contributed by atoms with Crippen LogP contribution in [-0.2, 0) is 9.47 Å². The number of benzene rings is 1. The fraction of sp³-hybridized carbons (Fsp3) is 0.769. The molecule has 1 rings (SSSR count). The molecule has 1 N–H and O–H groups in total. The molecular formula is C26H50BrO4PSi. The molecule has 0 amide bonds. The summed E-state index contributed by atoms with van der Waals surface area (Å²) >= 11 is 0. The van der Waals surface area contributed by atoms with Crippen molar-refractivity contribution in [3.05, 3.63) is 18.2 Å². The Balaban J connectivity index is 0.0000102. The molecule has 1 aromatic carbocycles. The van der Waals surface area contributed by atoms with Crippen LogP contribution in [0.3, 0.4) is 0 Å². The SMILES string of the molecule is CCCC[P+](CCCC)(CCCC)c1cc(O)ccc1OCCC[SiH2]C(OCC)OCC.[Br-]. The highest BCUT2D eigenvalue weighted by Crippen LogP contribution is 2.61. The highest BCUT2D eigenvalue weighted by molar-refractivity contribution is 7.83. The molecule has 0 heterocycles. The van der Waals surface area contributed by atoms with Crippen LogP contribution >= 0.6 is 7.26 Å². The van der Waals surface area contributed by atoms with Crippen LogP contribution in [0.1, 0.15) is 79.6 Å². The summed E-state index contributed by atoms with van der Waals surface area (Å²) in [5, 5.41) is 11.7. The van der Waals surface area contributed by atoms with Crippen LogP contribution in [0.25, 0.3) is 0 Å². The molecule has 0 saturated heterocycles. The molecule has 0 aliphatic rings. The van der Waals surface area contributed by atoms with Gasteiger partial charge in [-0.1, -0.05) is 46.1 Å². The van der Waals surface area contributed by atoms with Crippen molar-refractivity contribution >= 4 is 22.1 Å². The first-order valence-corrected chi connectivity index (χ1v) is 17.3. The van der Waals surface area contributed by atoms with Crippen LogP contribution in [0.2, 0.25) is 6.04 Å². The van der Waals surface area contributed by atoms with E-state index in [9.17, 15) is 5.11 Å². The molecule has 0 saturated carbocycles. The zero-order chi connectivity index (χ0) is 23.7. The fourth-order valence-electron chi connectivity index (χ4n) is 4.26. The fourth-order valence-corrected chi connectivity index (χ4v) is 11.1. The van der Waals surface area contributed by atoms with Crippen molar-refractivity contribution in [1.29, 1.82) is 0 Å². The zero-order valence-electron chi connectivity index (χ0n) is 21.9. The van der Waals surface area contributed by atoms with Gasteiger partial charge in [0.2, 0.25) is 0 Å². The van der Waals surface area contributed by atoms with Gasteiger partial charge in [-0.15, -0.1) is 0 Å². The van der Waals surface area contributed by atoms with Gasteiger partial charge in [0.05, 0.1) is 41.9 Å². The lowest BCUT2D eigenvalue weighted by Gasteiger charge is -2.29. The van der Waals surface area contributed by atoms with Gasteiger partial charge in [-0.3, -0.25) is 0 Å². The molecule has 194 valence electrons. The first kappa shape index (κ1) is 32.9. The van der Waals surface area contributed by atoms with Crippen molar-refractivity contribution in [2.45, 2.75) is 91.5 Å². The molecule has 0 fully saturated rings. The maximum absolute atomic E-state index is 10.4. The van der Waals surface area contributed by atoms with Gasteiger partial charge in [0.15, 0.2) is 5.75 Å². The minimum absolute atomic E-state index is 0. The van der Waals surface area contributed by atoms with Gasteiger partial charge in [-0.2, -0.15) is 0 Å². The van der Waals surface area contributed by atoms with Crippen LogP contribution in [0, 0.1) is 0 Å². The molecule has 0 aliphatic heterocycles. The van der Waals surface area contributed by atoms with Crippen molar-refractivity contribution in [1.82, 2.24) is 0 Å². The van der Waals surface area contributed by atoms with Gasteiger partial charge in [0.1, 0.15) is 17.0 Å². The maximum Gasteiger partial charge on any atom is 0.161 e. The molecule has 0 radical (unpaired) electrons. The Morgan fingerprint density at radius 3 is 1.88 bits per heavy atom. The third-order valence-corrected chi connectivity index (χ3v) is 12.8. The number of hydrogen-bond acceptors (Lipinski definition) is 4. The first-order valence-electron chi connectivity index (χ1n) is 13.1. The van der Waals surface area contributed by atoms with E-state index in [2.05, 4.69) is 20.8 Å². The minimum Gasteiger partial charge on any atom is -1.00 e. The Morgan fingerprint density at radius 1 is 0.848 bits per heavy atom. The van der Waals surface area contributed by atoms with Gasteiger partial charge in [0.25, 0.3) is 0 Å². The number of phenolic OH excluding ortho intramolecular Hbond substituents is 1. The van der Waals surface area contributed by atoms with E-state index in [4.69, 9.17) is 14.2 Å². The second kappa shape index (κ2) is 20.1. The smallest absolute Gasteiger partial charge is 0.161 e. The summed E-state index contributed by atoms with van der Waals surface area (Å²) in [6.45, 7) is 13.1. The first-order chi connectivity index (χ1) is 15.6. The van der Waals surface area contributed by atoms with Crippen LogP contribution in [0.5, 0.6) is 11.5 Å². The second-order valence-corrected chi connectivity index (χ2v) is 14.8. The van der Waals surface area contributed by atoms with E-state index in [0.29, 0.717) is 19.0 Å². The van der Waals surface area contributed by atoms with E-state index in [0.717, 1.165) is 24.8 Å². The van der Waals surface area contributed by atoms with E-state index >= 15 is 0 Å². The van der Waals surface area contributed by atoms with E-state index in [1.165, 1.54) is 62.3 Å². The molecule has 0 unspecified atom stereocenters. The normalized spacial score (nSPS) is 11.9. The molecule has 1 aromatic rings. The third kappa shape index (κ3) is 12.4. The van der Waals surface area contributed by atoms with Crippen molar-refractivity contribution in [3.8, 4) is 11.5 Å². The van der Waals surface area contributed by atoms with Crippen molar-refractivity contribution in [2.24, 2.45) is 0 Å². The summed E-state index contributed by atoms with van der Waals surface area (Å²) in [6, 6.07) is 7.00. The number of phenols is 1. The molecule has 4 nitrogen and oxygen atoms in total. The molecule has 33 heavy (non-hydrogen) atoms. The number of hydrogen-bond donors (Lipinski definition) is 1. The predicted molar refractivity (Wildman–Crippen MR) is 144 cm³/mol. The van der Waals surface area contributed by atoms with Crippen LogP contribution in [-0.4, -0.2) is 58.8 Å². The summed E-state index contributed by atoms with van der Waals surface area (Å²) < 4.78 is 17.8. The lowest BCUT2D eigenvalue weighted by molar-refractivity contribution is -0.0828. The summed E-state index contributed by atoms with van der Waals surface area (Å²) in [7, 11) is -1.80. The van der Waals surface area contributed by atoms with Crippen LogP contribution in [0.15, 0.2) is 18.2 Å². The van der Waals surface area contributed by atoms with Crippen molar-refractivity contribution in [2.75, 3.05) is 38.3 Å². The number of rotatable bonds is 20. The number of unbranched alkanes of at least 4 members (excludes halogenated alkanes) is 3. The topological polar surface area (TPSA) is 47.9 Å². The Morgan fingerprint density at radius 2 is 1.39 bits per heavy atom. The quantitative estimate of drug-likeness (QED) is 0.114. The molecule has 0 bridgehead atoms. The minimum atomic E-state index is -1.37. The number of aromatic hydroxyl groups is 1. The van der Waals surface area contributed by atoms with Gasteiger partial charge >= 0.3 is 0 Å². The number of ether oxygens (including phenoxy) is 3. The predicted octanol–water partition coefficient (Wildman–Crippen LogP) is 3.15. The van der Waals surface area contributed by atoms with Crippen molar-refractivity contribution in [3.63, 3.8) is 0 Å². The van der Waals surface area contributed by atoms with E-state index in [1.807, 2.05) is 26.0 Å². The zero-order valence-corrected chi connectivity index (χ0v) is 25.8.